The first-order chi connectivity index (χ1) is 4.22. The van der Waals surface area contributed by atoms with Crippen LogP contribution in [0.4, 0.5) is 0 Å². The molecule has 4 heteroatoms. The molecule has 0 fully saturated rings. The molecule has 0 atom stereocenters. The number of aromatic nitrogens is 2. The summed E-state index contributed by atoms with van der Waals surface area (Å²) in [4.78, 5) is 7.64. The zero-order valence-corrected chi connectivity index (χ0v) is 7.07. The Balaban J connectivity index is 3.25. The van der Waals surface area contributed by atoms with E-state index >= 15 is 0 Å². The predicted octanol–water partition coefficient (Wildman–Crippen LogP) is 2.20. The van der Waals surface area contributed by atoms with E-state index in [0.29, 0.717) is 5.15 Å². The molecule has 0 aromatic carbocycles. The van der Waals surface area contributed by atoms with Gasteiger partial charge in [0.25, 0.3) is 0 Å². The van der Waals surface area contributed by atoms with Gasteiger partial charge in [0.2, 0.25) is 0 Å². The molecule has 1 heterocycles. The fourth-order valence-corrected chi connectivity index (χ4v) is 0.814. The third-order valence-electron chi connectivity index (χ3n) is 0.921. The number of aryl methyl sites for hydroxylation is 1. The van der Waals surface area contributed by atoms with Gasteiger partial charge in [-0.2, -0.15) is 0 Å². The third-order valence-corrected chi connectivity index (χ3v) is 2.39. The van der Waals surface area contributed by atoms with Crippen LogP contribution < -0.4 is 0 Å². The summed E-state index contributed by atoms with van der Waals surface area (Å²) in [7, 11) is 0. The quantitative estimate of drug-likeness (QED) is 0.610. The second kappa shape index (κ2) is 2.62. The van der Waals surface area contributed by atoms with E-state index in [9.17, 15) is 0 Å². The van der Waals surface area contributed by atoms with Gasteiger partial charge >= 0.3 is 0 Å². The van der Waals surface area contributed by atoms with Gasteiger partial charge < -0.3 is 0 Å². The van der Waals surface area contributed by atoms with Crippen molar-refractivity contribution in [1.82, 2.24) is 9.97 Å². The Hall–Kier alpha value is -0.150. The first-order valence-corrected chi connectivity index (χ1v) is 3.51. The minimum atomic E-state index is 0.461. The van der Waals surface area contributed by atoms with Gasteiger partial charge in [-0.1, -0.05) is 11.6 Å². The Bertz CT molecular complexity index is 206. The summed E-state index contributed by atoms with van der Waals surface area (Å²) in [6.07, 6.45) is 1.43. The van der Waals surface area contributed by atoms with Gasteiger partial charge in [0.05, 0.1) is 10.2 Å². The topological polar surface area (TPSA) is 25.8 Å². The summed E-state index contributed by atoms with van der Waals surface area (Å²) >= 11 is 8.84. The number of halogens is 2. The first kappa shape index (κ1) is 6.96. The molecule has 0 aliphatic rings. The molecule has 0 saturated carbocycles. The second-order valence-corrected chi connectivity index (χ2v) is 2.71. The molecule has 0 amide bonds. The van der Waals surface area contributed by atoms with Crippen LogP contribution in [0.5, 0.6) is 0 Å². The smallest absolute Gasteiger partial charge is 0.146 e. The Kier molecular flexibility index (Phi) is 2.03. The Morgan fingerprint density at radius 2 is 2.22 bits per heavy atom. The molecule has 1 aromatic heterocycles. The predicted molar refractivity (Wildman–Crippen MR) is 39.5 cm³/mol. The highest BCUT2D eigenvalue weighted by Gasteiger charge is 1.99. The lowest BCUT2D eigenvalue weighted by molar-refractivity contribution is 1.08. The van der Waals surface area contributed by atoms with Crippen LogP contribution in [0.3, 0.4) is 0 Å². The maximum atomic E-state index is 5.62. The van der Waals surface area contributed by atoms with Gasteiger partial charge in [-0.05, 0) is 22.9 Å². The van der Waals surface area contributed by atoms with Gasteiger partial charge in [-0.15, -0.1) is 0 Å². The van der Waals surface area contributed by atoms with E-state index in [1.54, 1.807) is 0 Å². The van der Waals surface area contributed by atoms with Crippen LogP contribution in [0.2, 0.25) is 5.15 Å². The van der Waals surface area contributed by atoms with Crippen molar-refractivity contribution in [3.63, 3.8) is 0 Å². The van der Waals surface area contributed by atoms with E-state index in [-0.39, 0.29) is 0 Å². The largest absolute Gasteiger partial charge is 0.240 e. The molecular formula is C5H4BrClN2. The van der Waals surface area contributed by atoms with Gasteiger partial charge in [-0.3, -0.25) is 0 Å². The number of hydrogen-bond donors (Lipinski definition) is 0. The average Bonchev–Trinajstić information content (AvgIpc) is 1.83. The molecule has 2 nitrogen and oxygen atoms in total. The monoisotopic (exact) mass is 206 g/mol. The molecule has 0 N–H and O–H groups in total. The van der Waals surface area contributed by atoms with Crippen molar-refractivity contribution < 1.29 is 0 Å². The number of rotatable bonds is 0. The summed E-state index contributed by atoms with van der Waals surface area (Å²) < 4.78 is 0.770. The number of nitrogens with zero attached hydrogens (tertiary/aromatic N) is 2. The van der Waals surface area contributed by atoms with E-state index < -0.39 is 0 Å². The van der Waals surface area contributed by atoms with Crippen molar-refractivity contribution in [1.29, 1.82) is 0 Å². The van der Waals surface area contributed by atoms with Crippen LogP contribution in [-0.4, -0.2) is 9.97 Å². The van der Waals surface area contributed by atoms with Crippen molar-refractivity contribution >= 4 is 27.5 Å². The molecule has 0 saturated heterocycles. The zero-order valence-electron chi connectivity index (χ0n) is 4.73. The zero-order chi connectivity index (χ0) is 6.85. The van der Waals surface area contributed by atoms with Crippen LogP contribution >= 0.6 is 27.5 Å². The first-order valence-electron chi connectivity index (χ1n) is 2.34. The van der Waals surface area contributed by atoms with E-state index in [1.807, 2.05) is 6.92 Å². The summed E-state index contributed by atoms with van der Waals surface area (Å²) in [6.45, 7) is 1.86. The second-order valence-electron chi connectivity index (χ2n) is 1.56. The third kappa shape index (κ3) is 1.40. The summed E-state index contributed by atoms with van der Waals surface area (Å²) in [5.41, 5.74) is 0.856. The molecule has 0 bridgehead atoms. The normalized spacial score (nSPS) is 9.67. The van der Waals surface area contributed by atoms with Crippen LogP contribution in [-0.2, 0) is 0 Å². The van der Waals surface area contributed by atoms with Crippen LogP contribution in [0.1, 0.15) is 5.69 Å². The Labute approximate surface area is 66.4 Å². The van der Waals surface area contributed by atoms with Crippen molar-refractivity contribution in [3.05, 3.63) is 21.6 Å². The van der Waals surface area contributed by atoms with Crippen LogP contribution in [0, 0.1) is 6.92 Å². The van der Waals surface area contributed by atoms with Gasteiger partial charge in [-0.25, -0.2) is 9.97 Å². The van der Waals surface area contributed by atoms with E-state index in [4.69, 9.17) is 11.6 Å². The summed E-state index contributed by atoms with van der Waals surface area (Å²) in [6, 6.07) is 0. The molecule has 0 unspecified atom stereocenters. The maximum Gasteiger partial charge on any atom is 0.146 e. The van der Waals surface area contributed by atoms with Crippen molar-refractivity contribution in [2.45, 2.75) is 6.92 Å². The highest BCUT2D eigenvalue weighted by molar-refractivity contribution is 9.10. The standard InChI is InChI=1S/C5H4BrClN2/c1-3-4(6)5(7)9-2-8-3/h2H,1H3. The summed E-state index contributed by atoms with van der Waals surface area (Å²) in [5, 5.41) is 0.461. The minimum absolute atomic E-state index is 0.461. The highest BCUT2D eigenvalue weighted by Crippen LogP contribution is 2.20. The van der Waals surface area contributed by atoms with E-state index in [2.05, 4.69) is 25.9 Å². The fraction of sp³-hybridized carbons (Fsp3) is 0.200. The molecule has 0 aliphatic carbocycles. The molecule has 0 spiro atoms. The average molecular weight is 207 g/mol. The van der Waals surface area contributed by atoms with Gasteiger partial charge in [0.15, 0.2) is 0 Å². The highest BCUT2D eigenvalue weighted by atomic mass is 79.9. The summed E-state index contributed by atoms with van der Waals surface area (Å²) in [5.74, 6) is 0. The molecule has 0 aliphatic heterocycles. The molecule has 0 radical (unpaired) electrons. The van der Waals surface area contributed by atoms with Crippen molar-refractivity contribution in [3.8, 4) is 0 Å². The van der Waals surface area contributed by atoms with E-state index in [0.717, 1.165) is 10.2 Å². The Morgan fingerprint density at radius 1 is 1.56 bits per heavy atom. The van der Waals surface area contributed by atoms with Gasteiger partial charge in [0.1, 0.15) is 11.5 Å². The van der Waals surface area contributed by atoms with Crippen molar-refractivity contribution in [2.24, 2.45) is 0 Å². The fourth-order valence-electron chi connectivity index (χ4n) is 0.429. The molecule has 1 aromatic rings. The van der Waals surface area contributed by atoms with Crippen LogP contribution in [0.25, 0.3) is 0 Å². The minimum Gasteiger partial charge on any atom is -0.240 e. The van der Waals surface area contributed by atoms with Gasteiger partial charge in [0, 0.05) is 0 Å². The number of hydrogen-bond acceptors (Lipinski definition) is 2. The lowest BCUT2D eigenvalue weighted by Crippen LogP contribution is -1.85. The molecule has 9 heavy (non-hydrogen) atoms. The SMILES string of the molecule is Cc1ncnc(Cl)c1Br. The molecule has 48 valence electrons. The molecular weight excluding hydrogens is 203 g/mol. The lowest BCUT2D eigenvalue weighted by Gasteiger charge is -1.94. The lowest BCUT2D eigenvalue weighted by atomic mass is 10.5. The van der Waals surface area contributed by atoms with E-state index in [1.165, 1.54) is 6.33 Å². The van der Waals surface area contributed by atoms with Crippen molar-refractivity contribution in [2.75, 3.05) is 0 Å². The maximum absolute atomic E-state index is 5.62. The Morgan fingerprint density at radius 3 is 2.67 bits per heavy atom. The molecule has 1 rings (SSSR count). The van der Waals surface area contributed by atoms with Crippen LogP contribution in [0.15, 0.2) is 10.8 Å².